The monoisotopic (exact) mass is 293 g/mol. The van der Waals surface area contributed by atoms with E-state index in [1.807, 2.05) is 31.2 Å². The summed E-state index contributed by atoms with van der Waals surface area (Å²) in [6, 6.07) is 9.18. The predicted molar refractivity (Wildman–Crippen MR) is 70.2 cm³/mol. The average Bonchev–Trinajstić information content (AvgIpc) is 2.80. The third kappa shape index (κ3) is 2.58. The van der Waals surface area contributed by atoms with Crippen LogP contribution in [0.15, 0.2) is 45.5 Å². The zero-order chi connectivity index (χ0) is 12.3. The van der Waals surface area contributed by atoms with Gasteiger partial charge in [0.05, 0.1) is 17.5 Å². The molecule has 0 unspecified atom stereocenters. The molecule has 0 aliphatic rings. The highest BCUT2D eigenvalue weighted by molar-refractivity contribution is 9.10. The predicted octanol–water partition coefficient (Wildman–Crippen LogP) is 3.86. The quantitative estimate of drug-likeness (QED) is 0.934. The van der Waals surface area contributed by atoms with Gasteiger partial charge in [-0.05, 0) is 34.1 Å². The van der Waals surface area contributed by atoms with Gasteiger partial charge >= 0.3 is 0 Å². The number of hydrogen-bond donors (Lipinski definition) is 1. The summed E-state index contributed by atoms with van der Waals surface area (Å²) in [5, 5.41) is 2.84. The topological polar surface area (TPSA) is 42.2 Å². The van der Waals surface area contributed by atoms with Crippen molar-refractivity contribution >= 4 is 27.5 Å². The molecule has 0 radical (unpaired) electrons. The first-order valence-corrected chi connectivity index (χ1v) is 6.14. The van der Waals surface area contributed by atoms with Crippen molar-refractivity contribution in [2.45, 2.75) is 13.3 Å². The first-order chi connectivity index (χ1) is 8.22. The minimum Gasteiger partial charge on any atom is -0.469 e. The van der Waals surface area contributed by atoms with Gasteiger partial charge in [0.15, 0.2) is 0 Å². The van der Waals surface area contributed by atoms with Gasteiger partial charge in [0.2, 0.25) is 0 Å². The molecule has 2 aromatic rings. The number of halogens is 1. The molecular formula is C13H12BrNO2. The van der Waals surface area contributed by atoms with Crippen LogP contribution in [0, 0.1) is 0 Å². The Morgan fingerprint density at radius 2 is 2.12 bits per heavy atom. The number of carbonyl (C=O) groups is 1. The maximum Gasteiger partial charge on any atom is 0.259 e. The van der Waals surface area contributed by atoms with E-state index >= 15 is 0 Å². The summed E-state index contributed by atoms with van der Waals surface area (Å²) in [6.45, 7) is 1.95. The molecule has 3 nitrogen and oxygen atoms in total. The van der Waals surface area contributed by atoms with E-state index in [0.29, 0.717) is 17.7 Å². The average molecular weight is 294 g/mol. The molecule has 4 heteroatoms. The maximum absolute atomic E-state index is 12.0. The third-order valence-electron chi connectivity index (χ3n) is 2.43. The molecule has 1 aromatic carbocycles. The van der Waals surface area contributed by atoms with E-state index in [2.05, 4.69) is 21.2 Å². The number of furan rings is 1. The SMILES string of the molecule is CCc1occc1C(=O)Nc1ccccc1Br. The van der Waals surface area contributed by atoms with E-state index in [4.69, 9.17) is 4.42 Å². The molecule has 0 spiro atoms. The van der Waals surface area contributed by atoms with E-state index < -0.39 is 0 Å². The highest BCUT2D eigenvalue weighted by Gasteiger charge is 2.14. The van der Waals surface area contributed by atoms with Crippen LogP contribution >= 0.6 is 15.9 Å². The zero-order valence-electron chi connectivity index (χ0n) is 9.37. The first-order valence-electron chi connectivity index (χ1n) is 5.34. The minimum atomic E-state index is -0.150. The zero-order valence-corrected chi connectivity index (χ0v) is 11.0. The van der Waals surface area contributed by atoms with Crippen molar-refractivity contribution in [1.29, 1.82) is 0 Å². The molecule has 88 valence electrons. The number of carbonyl (C=O) groups excluding carboxylic acids is 1. The Hall–Kier alpha value is -1.55. The smallest absolute Gasteiger partial charge is 0.259 e. The number of amides is 1. The van der Waals surface area contributed by atoms with Crippen LogP contribution in [0.3, 0.4) is 0 Å². The van der Waals surface area contributed by atoms with Gasteiger partial charge in [-0.1, -0.05) is 19.1 Å². The van der Waals surface area contributed by atoms with Crippen LogP contribution < -0.4 is 5.32 Å². The van der Waals surface area contributed by atoms with E-state index in [1.165, 1.54) is 6.26 Å². The molecule has 0 aliphatic carbocycles. The Morgan fingerprint density at radius 3 is 2.82 bits per heavy atom. The van der Waals surface area contributed by atoms with Crippen molar-refractivity contribution in [3.05, 3.63) is 52.4 Å². The van der Waals surface area contributed by atoms with Crippen molar-refractivity contribution in [3.63, 3.8) is 0 Å². The summed E-state index contributed by atoms with van der Waals surface area (Å²) >= 11 is 3.39. The largest absolute Gasteiger partial charge is 0.469 e. The second kappa shape index (κ2) is 5.19. The fourth-order valence-electron chi connectivity index (χ4n) is 1.57. The summed E-state index contributed by atoms with van der Waals surface area (Å²) in [4.78, 5) is 12.0. The number of rotatable bonds is 3. The summed E-state index contributed by atoms with van der Waals surface area (Å²) in [7, 11) is 0. The normalized spacial score (nSPS) is 10.2. The highest BCUT2D eigenvalue weighted by atomic mass is 79.9. The van der Waals surface area contributed by atoms with Crippen molar-refractivity contribution in [1.82, 2.24) is 0 Å². The van der Waals surface area contributed by atoms with E-state index in [9.17, 15) is 4.79 Å². The fourth-order valence-corrected chi connectivity index (χ4v) is 1.95. The molecule has 2 rings (SSSR count). The number of benzene rings is 1. The standard InChI is InChI=1S/C13H12BrNO2/c1-2-12-9(7-8-17-12)13(16)15-11-6-4-3-5-10(11)14/h3-8H,2H2,1H3,(H,15,16). The van der Waals surface area contributed by atoms with Crippen LogP contribution in [0.4, 0.5) is 5.69 Å². The second-order valence-corrected chi connectivity index (χ2v) is 4.40. The molecule has 1 amide bonds. The highest BCUT2D eigenvalue weighted by Crippen LogP contribution is 2.22. The molecule has 1 heterocycles. The molecule has 0 fully saturated rings. The van der Waals surface area contributed by atoms with Crippen molar-refractivity contribution in [3.8, 4) is 0 Å². The molecule has 1 aromatic heterocycles. The number of anilines is 1. The van der Waals surface area contributed by atoms with Crippen LogP contribution in [0.2, 0.25) is 0 Å². The molecule has 17 heavy (non-hydrogen) atoms. The molecule has 0 atom stereocenters. The molecule has 0 saturated heterocycles. The summed E-state index contributed by atoms with van der Waals surface area (Å²) in [5.74, 6) is 0.553. The lowest BCUT2D eigenvalue weighted by Crippen LogP contribution is -2.13. The third-order valence-corrected chi connectivity index (χ3v) is 3.12. The first kappa shape index (κ1) is 11.9. The molecule has 0 saturated carbocycles. The Kier molecular flexibility index (Phi) is 3.64. The number of nitrogens with one attached hydrogen (secondary N) is 1. The van der Waals surface area contributed by atoms with E-state index in [-0.39, 0.29) is 5.91 Å². The van der Waals surface area contributed by atoms with Crippen molar-refractivity contribution in [2.24, 2.45) is 0 Å². The molecule has 1 N–H and O–H groups in total. The Balaban J connectivity index is 2.20. The molecule has 0 aliphatic heterocycles. The Labute approximate surface area is 108 Å². The van der Waals surface area contributed by atoms with E-state index in [0.717, 1.165) is 10.2 Å². The maximum atomic E-state index is 12.0. The lowest BCUT2D eigenvalue weighted by atomic mass is 10.2. The summed E-state index contributed by atoms with van der Waals surface area (Å²) < 4.78 is 6.09. The van der Waals surface area contributed by atoms with Crippen molar-refractivity contribution in [2.75, 3.05) is 5.32 Å². The van der Waals surface area contributed by atoms with Gasteiger partial charge in [0.25, 0.3) is 5.91 Å². The number of para-hydroxylation sites is 1. The van der Waals surface area contributed by atoms with Gasteiger partial charge < -0.3 is 9.73 Å². The van der Waals surface area contributed by atoms with Gasteiger partial charge in [-0.3, -0.25) is 4.79 Å². The lowest BCUT2D eigenvalue weighted by molar-refractivity contribution is 0.102. The Bertz CT molecular complexity index is 534. The fraction of sp³-hybridized carbons (Fsp3) is 0.154. The molecule has 0 bridgehead atoms. The van der Waals surface area contributed by atoms with Crippen LogP contribution in [0.1, 0.15) is 23.0 Å². The second-order valence-electron chi connectivity index (χ2n) is 3.54. The minimum absolute atomic E-state index is 0.150. The van der Waals surface area contributed by atoms with Gasteiger partial charge in [0, 0.05) is 10.9 Å². The number of hydrogen-bond acceptors (Lipinski definition) is 2. The van der Waals surface area contributed by atoms with E-state index in [1.54, 1.807) is 6.07 Å². The van der Waals surface area contributed by atoms with Gasteiger partial charge in [-0.2, -0.15) is 0 Å². The van der Waals surface area contributed by atoms with Crippen molar-refractivity contribution < 1.29 is 9.21 Å². The van der Waals surface area contributed by atoms with Gasteiger partial charge in [0.1, 0.15) is 5.76 Å². The summed E-state index contributed by atoms with van der Waals surface area (Å²) in [6.07, 6.45) is 2.24. The lowest BCUT2D eigenvalue weighted by Gasteiger charge is -2.06. The summed E-state index contributed by atoms with van der Waals surface area (Å²) in [5.41, 5.74) is 1.34. The van der Waals surface area contributed by atoms with Crippen LogP contribution in [0.5, 0.6) is 0 Å². The van der Waals surface area contributed by atoms with Gasteiger partial charge in [-0.25, -0.2) is 0 Å². The number of aryl methyl sites for hydroxylation is 1. The Morgan fingerprint density at radius 1 is 1.35 bits per heavy atom. The van der Waals surface area contributed by atoms with Gasteiger partial charge in [-0.15, -0.1) is 0 Å². The van der Waals surface area contributed by atoms with Crippen LogP contribution in [-0.4, -0.2) is 5.91 Å². The van der Waals surface area contributed by atoms with Crippen LogP contribution in [0.25, 0.3) is 0 Å². The van der Waals surface area contributed by atoms with Crippen LogP contribution in [-0.2, 0) is 6.42 Å². The molecular weight excluding hydrogens is 282 g/mol.